The number of rotatable bonds is 4. The second kappa shape index (κ2) is 8.82. The molecule has 0 bridgehead atoms. The monoisotopic (exact) mass is 387 g/mol. The molecular weight excluding hydrogens is 354 g/mol. The van der Waals surface area contributed by atoms with Gasteiger partial charge in [-0.3, -0.25) is 4.79 Å². The molecule has 1 aromatic carbocycles. The maximum Gasteiger partial charge on any atom is 0.230 e. The van der Waals surface area contributed by atoms with E-state index in [-0.39, 0.29) is 11.3 Å². The number of amides is 1. The molecule has 1 saturated carbocycles. The van der Waals surface area contributed by atoms with Crippen LogP contribution in [-0.2, 0) is 17.6 Å². The third-order valence-corrected chi connectivity index (χ3v) is 7.27. The van der Waals surface area contributed by atoms with Crippen LogP contribution in [0.25, 0.3) is 0 Å². The summed E-state index contributed by atoms with van der Waals surface area (Å²) in [7, 11) is 0. The summed E-state index contributed by atoms with van der Waals surface area (Å²) in [4.78, 5) is 13.3. The van der Waals surface area contributed by atoms with Crippen LogP contribution in [0.4, 0.5) is 0 Å². The number of nitrogens with one attached hydrogen (secondary N) is 1. The van der Waals surface area contributed by atoms with Crippen molar-refractivity contribution >= 4 is 17.5 Å². The average Bonchev–Trinajstić information content (AvgIpc) is 2.95. The molecule has 2 atom stereocenters. The lowest BCUT2D eigenvalue weighted by Gasteiger charge is -2.30. The van der Waals surface area contributed by atoms with Gasteiger partial charge >= 0.3 is 0 Å². The lowest BCUT2D eigenvalue weighted by atomic mass is 9.75. The summed E-state index contributed by atoms with van der Waals surface area (Å²) >= 11 is 6.17. The minimum absolute atomic E-state index is 0.152. The van der Waals surface area contributed by atoms with E-state index in [1.54, 1.807) is 0 Å². The highest BCUT2D eigenvalue weighted by atomic mass is 35.5. The number of hydrogen-bond acceptors (Lipinski definition) is 1. The van der Waals surface area contributed by atoms with Gasteiger partial charge < -0.3 is 5.32 Å². The molecule has 1 aliphatic carbocycles. The molecule has 2 nitrogen and oxygen atoms in total. The molecule has 1 aromatic rings. The van der Waals surface area contributed by atoms with Gasteiger partial charge in [-0.25, -0.2) is 0 Å². The summed E-state index contributed by atoms with van der Waals surface area (Å²) in [6.45, 7) is 6.64. The SMILES string of the molecule is CCc1cc(Cl)ccc1CC1=C(C)CCC2(CCCC(CC)CC2)C(=O)N1. The van der Waals surface area contributed by atoms with Gasteiger partial charge in [0.15, 0.2) is 0 Å². The Morgan fingerprint density at radius 2 is 1.96 bits per heavy atom. The molecule has 2 unspecified atom stereocenters. The number of allylic oxidation sites excluding steroid dienone is 2. The fourth-order valence-corrected chi connectivity index (χ4v) is 5.11. The lowest BCUT2D eigenvalue weighted by molar-refractivity contribution is -0.131. The fraction of sp³-hybridized carbons (Fsp3) is 0.625. The molecule has 1 spiro atoms. The number of benzene rings is 1. The van der Waals surface area contributed by atoms with Crippen LogP contribution >= 0.6 is 11.6 Å². The quantitative estimate of drug-likeness (QED) is 0.619. The number of carbonyl (C=O) groups excluding carboxylic acids is 1. The summed E-state index contributed by atoms with van der Waals surface area (Å²) in [6, 6.07) is 6.14. The molecule has 3 rings (SSSR count). The number of aryl methyl sites for hydroxylation is 1. The van der Waals surface area contributed by atoms with Gasteiger partial charge in [-0.05, 0) is 74.6 Å². The maximum atomic E-state index is 13.3. The van der Waals surface area contributed by atoms with Gasteiger partial charge in [0.2, 0.25) is 5.91 Å². The van der Waals surface area contributed by atoms with Gasteiger partial charge in [0.05, 0.1) is 0 Å². The number of carbonyl (C=O) groups is 1. The standard InChI is InChI=1S/C24H34ClNO/c1-4-18-7-6-12-24(14-11-18)13-10-17(3)22(26-23(24)27)16-20-8-9-21(25)15-19(20)5-2/h8-9,15,18H,4-7,10-14,16H2,1-3H3,(H,26,27). The van der Waals surface area contributed by atoms with Crippen molar-refractivity contribution in [1.29, 1.82) is 0 Å². The van der Waals surface area contributed by atoms with Gasteiger partial charge in [0.1, 0.15) is 0 Å². The van der Waals surface area contributed by atoms with Gasteiger partial charge in [0, 0.05) is 22.6 Å². The van der Waals surface area contributed by atoms with Crippen LogP contribution in [0, 0.1) is 11.3 Å². The van der Waals surface area contributed by atoms with E-state index in [1.165, 1.54) is 42.4 Å². The Kier molecular flexibility index (Phi) is 6.68. The summed E-state index contributed by atoms with van der Waals surface area (Å²) in [5, 5.41) is 4.16. The summed E-state index contributed by atoms with van der Waals surface area (Å²) in [5.74, 6) is 1.08. The van der Waals surface area contributed by atoms with Crippen molar-refractivity contribution in [3.63, 3.8) is 0 Å². The molecule has 0 radical (unpaired) electrons. The first-order chi connectivity index (χ1) is 13.0. The Hall–Kier alpha value is -1.28. The Balaban J connectivity index is 1.79. The van der Waals surface area contributed by atoms with Gasteiger partial charge in [-0.2, -0.15) is 0 Å². The van der Waals surface area contributed by atoms with Crippen LogP contribution in [0.3, 0.4) is 0 Å². The molecule has 148 valence electrons. The van der Waals surface area contributed by atoms with Gasteiger partial charge in [-0.1, -0.05) is 56.4 Å². The molecule has 2 aliphatic rings. The zero-order valence-electron chi connectivity index (χ0n) is 17.2. The van der Waals surface area contributed by atoms with E-state index in [4.69, 9.17) is 11.6 Å². The van der Waals surface area contributed by atoms with E-state index in [9.17, 15) is 4.79 Å². The van der Waals surface area contributed by atoms with Crippen LogP contribution in [0.2, 0.25) is 5.02 Å². The molecule has 1 fully saturated rings. The number of halogens is 1. The van der Waals surface area contributed by atoms with E-state index in [2.05, 4.69) is 38.2 Å². The molecule has 0 aromatic heterocycles. The summed E-state index contributed by atoms with van der Waals surface area (Å²) < 4.78 is 0. The van der Waals surface area contributed by atoms with E-state index < -0.39 is 0 Å². The smallest absolute Gasteiger partial charge is 0.230 e. The molecule has 1 amide bonds. The minimum Gasteiger partial charge on any atom is -0.329 e. The minimum atomic E-state index is -0.152. The first kappa shape index (κ1) is 20.5. The Morgan fingerprint density at radius 3 is 2.70 bits per heavy atom. The van der Waals surface area contributed by atoms with Crippen LogP contribution in [-0.4, -0.2) is 5.91 Å². The zero-order valence-corrected chi connectivity index (χ0v) is 17.9. The molecule has 27 heavy (non-hydrogen) atoms. The highest BCUT2D eigenvalue weighted by molar-refractivity contribution is 6.30. The zero-order chi connectivity index (χ0) is 19.4. The predicted molar refractivity (Wildman–Crippen MR) is 114 cm³/mol. The van der Waals surface area contributed by atoms with Crippen LogP contribution < -0.4 is 5.32 Å². The van der Waals surface area contributed by atoms with Crippen molar-refractivity contribution in [2.75, 3.05) is 0 Å². The Bertz CT molecular complexity index is 723. The first-order valence-corrected chi connectivity index (χ1v) is 11.1. The van der Waals surface area contributed by atoms with E-state index in [1.807, 2.05) is 6.07 Å². The summed E-state index contributed by atoms with van der Waals surface area (Å²) in [6.07, 6.45) is 10.8. The van der Waals surface area contributed by atoms with Crippen LogP contribution in [0.15, 0.2) is 29.5 Å². The second-order valence-electron chi connectivity index (χ2n) is 8.64. The van der Waals surface area contributed by atoms with Crippen molar-refractivity contribution in [1.82, 2.24) is 5.32 Å². The van der Waals surface area contributed by atoms with Crippen molar-refractivity contribution in [2.24, 2.45) is 11.3 Å². The fourth-order valence-electron chi connectivity index (χ4n) is 4.91. The van der Waals surface area contributed by atoms with Gasteiger partial charge in [0.25, 0.3) is 0 Å². The molecule has 0 saturated heterocycles. The third kappa shape index (κ3) is 4.59. The Labute approximate surface area is 169 Å². The van der Waals surface area contributed by atoms with Crippen LogP contribution in [0.1, 0.15) is 83.3 Å². The van der Waals surface area contributed by atoms with E-state index >= 15 is 0 Å². The van der Waals surface area contributed by atoms with Crippen molar-refractivity contribution < 1.29 is 4.79 Å². The van der Waals surface area contributed by atoms with Crippen molar-refractivity contribution in [3.05, 3.63) is 45.6 Å². The normalized spacial score (nSPS) is 26.7. The highest BCUT2D eigenvalue weighted by Gasteiger charge is 2.41. The largest absolute Gasteiger partial charge is 0.329 e. The third-order valence-electron chi connectivity index (χ3n) is 7.03. The van der Waals surface area contributed by atoms with Gasteiger partial charge in [-0.15, -0.1) is 0 Å². The molecular formula is C24H34ClNO. The second-order valence-corrected chi connectivity index (χ2v) is 9.08. The van der Waals surface area contributed by atoms with E-state index in [0.717, 1.165) is 55.2 Å². The molecule has 1 N–H and O–H groups in total. The lowest BCUT2D eigenvalue weighted by Crippen LogP contribution is -2.39. The number of hydrogen-bond donors (Lipinski definition) is 1. The van der Waals surface area contributed by atoms with Crippen LogP contribution in [0.5, 0.6) is 0 Å². The molecule has 1 aliphatic heterocycles. The highest BCUT2D eigenvalue weighted by Crippen LogP contribution is 2.44. The molecule has 1 heterocycles. The molecule has 3 heteroatoms. The average molecular weight is 388 g/mol. The topological polar surface area (TPSA) is 29.1 Å². The predicted octanol–water partition coefficient (Wildman–Crippen LogP) is 6.61. The Morgan fingerprint density at radius 1 is 1.15 bits per heavy atom. The van der Waals surface area contributed by atoms with E-state index in [0.29, 0.717) is 0 Å². The maximum absolute atomic E-state index is 13.3. The summed E-state index contributed by atoms with van der Waals surface area (Å²) in [5.41, 5.74) is 4.86. The van der Waals surface area contributed by atoms with Crippen molar-refractivity contribution in [3.8, 4) is 0 Å². The van der Waals surface area contributed by atoms with Crippen molar-refractivity contribution in [2.45, 2.75) is 85.0 Å². The first-order valence-electron chi connectivity index (χ1n) is 10.7.